The lowest BCUT2D eigenvalue weighted by Crippen LogP contribution is -2.28. The predicted octanol–water partition coefficient (Wildman–Crippen LogP) is 1.56. The molecule has 0 aliphatic carbocycles. The lowest BCUT2D eigenvalue weighted by atomic mass is 10.0. The van der Waals surface area contributed by atoms with E-state index < -0.39 is 0 Å². The molecule has 0 unspecified atom stereocenters. The van der Waals surface area contributed by atoms with Gasteiger partial charge in [0, 0.05) is 50.6 Å². The molecule has 1 atom stereocenters. The fraction of sp³-hybridized carbons (Fsp3) is 0.400. The average Bonchev–Trinajstić information content (AvgIpc) is 3.34. The first-order valence-corrected chi connectivity index (χ1v) is 9.46. The van der Waals surface area contributed by atoms with E-state index in [-0.39, 0.29) is 11.8 Å². The average molecular weight is 380 g/mol. The number of carbonyl (C=O) groups excluding carboxylic acids is 1. The Labute approximate surface area is 163 Å². The lowest BCUT2D eigenvalue weighted by Gasteiger charge is -2.16. The molecule has 1 fully saturated rings. The Balaban J connectivity index is 1.52. The number of rotatable bonds is 6. The standard InChI is InChI=1S/C20H24N6O2/c1-28-13-14-2-4-15(5-3-14)20(27)25-10-6-16(12-25)17-18-19(23-9-8-22-18)26(24-17)11-7-21/h2-5,8-9,16H,6-7,10-13,21H2,1H3/t16-/m1/s1. The Kier molecular flexibility index (Phi) is 5.31. The molecular formula is C20H24N6O2. The van der Waals surface area contributed by atoms with Gasteiger partial charge in [-0.05, 0) is 24.1 Å². The molecule has 1 aliphatic rings. The molecular weight excluding hydrogens is 356 g/mol. The summed E-state index contributed by atoms with van der Waals surface area (Å²) >= 11 is 0. The number of carbonyl (C=O) groups is 1. The van der Waals surface area contributed by atoms with Gasteiger partial charge in [-0.25, -0.2) is 14.6 Å². The third kappa shape index (κ3) is 3.48. The summed E-state index contributed by atoms with van der Waals surface area (Å²) in [6, 6.07) is 7.59. The maximum atomic E-state index is 12.9. The highest BCUT2D eigenvalue weighted by Crippen LogP contribution is 2.31. The van der Waals surface area contributed by atoms with Gasteiger partial charge in [-0.1, -0.05) is 12.1 Å². The molecule has 0 spiro atoms. The largest absolute Gasteiger partial charge is 0.380 e. The molecule has 146 valence electrons. The number of ether oxygens (including phenoxy) is 1. The highest BCUT2D eigenvalue weighted by Gasteiger charge is 2.31. The van der Waals surface area contributed by atoms with Crippen LogP contribution >= 0.6 is 0 Å². The van der Waals surface area contributed by atoms with Crippen molar-refractivity contribution in [2.45, 2.75) is 25.5 Å². The van der Waals surface area contributed by atoms with Crippen molar-refractivity contribution in [1.82, 2.24) is 24.6 Å². The predicted molar refractivity (Wildman–Crippen MR) is 105 cm³/mol. The fourth-order valence-electron chi connectivity index (χ4n) is 3.74. The van der Waals surface area contributed by atoms with E-state index in [0.717, 1.165) is 28.8 Å². The summed E-state index contributed by atoms with van der Waals surface area (Å²) in [6.07, 6.45) is 4.21. The molecule has 2 N–H and O–H groups in total. The Hall–Kier alpha value is -2.84. The number of benzene rings is 1. The van der Waals surface area contributed by atoms with E-state index in [1.54, 1.807) is 19.5 Å². The first kappa shape index (κ1) is 18.5. The van der Waals surface area contributed by atoms with Crippen LogP contribution in [0.4, 0.5) is 0 Å². The normalized spacial score (nSPS) is 16.8. The SMILES string of the molecule is COCc1ccc(C(=O)N2CC[C@@H](c3nn(CCN)c4nccnc34)C2)cc1. The fourth-order valence-corrected chi connectivity index (χ4v) is 3.74. The van der Waals surface area contributed by atoms with Crippen molar-refractivity contribution in [1.29, 1.82) is 0 Å². The summed E-state index contributed by atoms with van der Waals surface area (Å²) in [5.74, 6) is 0.193. The van der Waals surface area contributed by atoms with Gasteiger partial charge in [0.05, 0.1) is 18.8 Å². The summed E-state index contributed by atoms with van der Waals surface area (Å²) in [5, 5.41) is 4.72. The Morgan fingerprint density at radius 1 is 1.25 bits per heavy atom. The van der Waals surface area contributed by atoms with Gasteiger partial charge in [-0.2, -0.15) is 5.10 Å². The smallest absolute Gasteiger partial charge is 0.253 e. The van der Waals surface area contributed by atoms with Crippen LogP contribution in [0.15, 0.2) is 36.7 Å². The zero-order chi connectivity index (χ0) is 19.5. The van der Waals surface area contributed by atoms with Crippen LogP contribution in [-0.4, -0.2) is 57.3 Å². The zero-order valence-corrected chi connectivity index (χ0v) is 15.9. The number of likely N-dealkylation sites (tertiary alicyclic amines) is 1. The molecule has 3 heterocycles. The van der Waals surface area contributed by atoms with Gasteiger partial charge in [-0.15, -0.1) is 0 Å². The number of amides is 1. The molecule has 1 saturated heterocycles. The second-order valence-corrected chi connectivity index (χ2v) is 6.99. The van der Waals surface area contributed by atoms with E-state index in [0.29, 0.717) is 38.3 Å². The Morgan fingerprint density at radius 2 is 2.04 bits per heavy atom. The van der Waals surface area contributed by atoms with Crippen LogP contribution < -0.4 is 5.73 Å². The van der Waals surface area contributed by atoms with Crippen molar-refractivity contribution in [3.8, 4) is 0 Å². The summed E-state index contributed by atoms with van der Waals surface area (Å²) in [7, 11) is 1.66. The van der Waals surface area contributed by atoms with Crippen LogP contribution in [0, 0.1) is 0 Å². The monoisotopic (exact) mass is 380 g/mol. The van der Waals surface area contributed by atoms with Gasteiger partial charge in [0.1, 0.15) is 5.52 Å². The van der Waals surface area contributed by atoms with E-state index in [4.69, 9.17) is 15.6 Å². The highest BCUT2D eigenvalue weighted by molar-refractivity contribution is 5.94. The lowest BCUT2D eigenvalue weighted by molar-refractivity contribution is 0.0790. The van der Waals surface area contributed by atoms with Crippen LogP contribution in [0.2, 0.25) is 0 Å². The number of nitrogens with zero attached hydrogens (tertiary/aromatic N) is 5. The third-order valence-electron chi connectivity index (χ3n) is 5.11. The molecule has 1 aliphatic heterocycles. The molecule has 1 amide bonds. The van der Waals surface area contributed by atoms with Crippen molar-refractivity contribution < 1.29 is 9.53 Å². The number of nitrogens with two attached hydrogens (primary N) is 1. The van der Waals surface area contributed by atoms with Gasteiger partial charge in [0.25, 0.3) is 5.91 Å². The Morgan fingerprint density at radius 3 is 2.79 bits per heavy atom. The van der Waals surface area contributed by atoms with Gasteiger partial charge in [0.15, 0.2) is 5.65 Å². The summed E-state index contributed by atoms with van der Waals surface area (Å²) in [6.45, 7) is 2.96. The number of aromatic nitrogens is 4. The van der Waals surface area contributed by atoms with Crippen molar-refractivity contribution in [3.05, 3.63) is 53.5 Å². The number of methoxy groups -OCH3 is 1. The first-order chi connectivity index (χ1) is 13.7. The van der Waals surface area contributed by atoms with E-state index >= 15 is 0 Å². The van der Waals surface area contributed by atoms with E-state index in [9.17, 15) is 4.79 Å². The van der Waals surface area contributed by atoms with Crippen LogP contribution in [0.25, 0.3) is 11.2 Å². The van der Waals surface area contributed by atoms with Crippen molar-refractivity contribution in [3.63, 3.8) is 0 Å². The van der Waals surface area contributed by atoms with Crippen LogP contribution in [0.3, 0.4) is 0 Å². The quantitative estimate of drug-likeness (QED) is 0.697. The topological polar surface area (TPSA) is 99.2 Å². The first-order valence-electron chi connectivity index (χ1n) is 9.46. The van der Waals surface area contributed by atoms with E-state index in [1.165, 1.54) is 0 Å². The summed E-state index contributed by atoms with van der Waals surface area (Å²) in [5.41, 5.74) is 9.90. The minimum Gasteiger partial charge on any atom is -0.380 e. The molecule has 8 nitrogen and oxygen atoms in total. The molecule has 4 rings (SSSR count). The van der Waals surface area contributed by atoms with Gasteiger partial charge >= 0.3 is 0 Å². The molecule has 0 radical (unpaired) electrons. The highest BCUT2D eigenvalue weighted by atomic mass is 16.5. The van der Waals surface area contributed by atoms with Gasteiger partial charge in [-0.3, -0.25) is 4.79 Å². The maximum absolute atomic E-state index is 12.9. The maximum Gasteiger partial charge on any atom is 0.253 e. The van der Waals surface area contributed by atoms with Crippen molar-refractivity contribution in [2.24, 2.45) is 5.73 Å². The number of hydrogen-bond acceptors (Lipinski definition) is 6. The molecule has 8 heteroatoms. The third-order valence-corrected chi connectivity index (χ3v) is 5.11. The van der Waals surface area contributed by atoms with Gasteiger partial charge in [0.2, 0.25) is 0 Å². The van der Waals surface area contributed by atoms with Crippen LogP contribution in [-0.2, 0) is 17.9 Å². The number of hydrogen-bond donors (Lipinski definition) is 1. The second-order valence-electron chi connectivity index (χ2n) is 6.99. The molecule has 3 aromatic rings. The zero-order valence-electron chi connectivity index (χ0n) is 15.9. The number of fused-ring (bicyclic) bond motifs is 1. The molecule has 0 saturated carbocycles. The summed E-state index contributed by atoms with van der Waals surface area (Å²) in [4.78, 5) is 23.7. The minimum atomic E-state index is 0.0447. The molecule has 2 aromatic heterocycles. The second kappa shape index (κ2) is 8.04. The molecule has 1 aromatic carbocycles. The Bertz CT molecular complexity index is 968. The van der Waals surface area contributed by atoms with Crippen LogP contribution in [0.5, 0.6) is 0 Å². The molecule has 0 bridgehead atoms. The van der Waals surface area contributed by atoms with E-state index in [1.807, 2.05) is 33.8 Å². The van der Waals surface area contributed by atoms with Crippen molar-refractivity contribution in [2.75, 3.05) is 26.7 Å². The van der Waals surface area contributed by atoms with Gasteiger partial charge < -0.3 is 15.4 Å². The van der Waals surface area contributed by atoms with E-state index in [2.05, 4.69) is 9.97 Å². The minimum absolute atomic E-state index is 0.0447. The van der Waals surface area contributed by atoms with Crippen LogP contribution in [0.1, 0.15) is 34.0 Å². The van der Waals surface area contributed by atoms with Crippen molar-refractivity contribution >= 4 is 17.1 Å². The summed E-state index contributed by atoms with van der Waals surface area (Å²) < 4.78 is 6.94. The molecule has 28 heavy (non-hydrogen) atoms.